The Kier molecular flexibility index (Phi) is 3.22. The topological polar surface area (TPSA) is 103 Å². The number of nitrogens with zero attached hydrogens (tertiary/aromatic N) is 4. The third-order valence-electron chi connectivity index (χ3n) is 4.21. The molecule has 0 saturated carbocycles. The fourth-order valence-corrected chi connectivity index (χ4v) is 2.99. The highest BCUT2D eigenvalue weighted by Crippen LogP contribution is 2.24. The van der Waals surface area contributed by atoms with Crippen LogP contribution in [0.1, 0.15) is 23.4 Å². The molecule has 0 unspecified atom stereocenters. The normalized spacial score (nSPS) is 13.3. The summed E-state index contributed by atoms with van der Waals surface area (Å²) in [5.74, 6) is 0. The van der Waals surface area contributed by atoms with Crippen LogP contribution in [0.4, 0.5) is 10.5 Å². The van der Waals surface area contributed by atoms with E-state index < -0.39 is 0 Å². The predicted octanol–water partition coefficient (Wildman–Crippen LogP) is 1.83. The molecule has 0 saturated heterocycles. The first-order valence-electron chi connectivity index (χ1n) is 7.59. The maximum absolute atomic E-state index is 12.4. The standard InChI is InChI=1S/C15H17N7O/c1-22(8-13-9-4-2-5-10(9)17-18-13)15(23)16-11-6-3-7-12-14(11)20-21-19-12/h3,6-7H,2,4-5,8H2,1H3,(H,16,23)(H,17,18)(H,19,20,21). The van der Waals surface area contributed by atoms with Crippen molar-refractivity contribution in [2.24, 2.45) is 0 Å². The van der Waals surface area contributed by atoms with Crippen molar-refractivity contribution in [2.45, 2.75) is 25.8 Å². The van der Waals surface area contributed by atoms with Gasteiger partial charge in [-0.05, 0) is 37.0 Å². The monoisotopic (exact) mass is 311 g/mol. The fraction of sp³-hybridized carbons (Fsp3) is 0.333. The van der Waals surface area contributed by atoms with Gasteiger partial charge in [-0.1, -0.05) is 6.07 Å². The van der Waals surface area contributed by atoms with Crippen LogP contribution in [0.25, 0.3) is 11.0 Å². The number of amides is 2. The fourth-order valence-electron chi connectivity index (χ4n) is 2.99. The van der Waals surface area contributed by atoms with Crippen molar-refractivity contribution in [3.63, 3.8) is 0 Å². The number of urea groups is 1. The van der Waals surface area contributed by atoms with Gasteiger partial charge >= 0.3 is 6.03 Å². The predicted molar refractivity (Wildman–Crippen MR) is 85.0 cm³/mol. The van der Waals surface area contributed by atoms with Gasteiger partial charge in [0.2, 0.25) is 0 Å². The Morgan fingerprint density at radius 3 is 3.13 bits per heavy atom. The van der Waals surface area contributed by atoms with E-state index in [4.69, 9.17) is 0 Å². The second-order valence-corrected chi connectivity index (χ2v) is 5.76. The van der Waals surface area contributed by atoms with Crippen LogP contribution in [0.3, 0.4) is 0 Å². The first-order valence-corrected chi connectivity index (χ1v) is 7.59. The zero-order valence-corrected chi connectivity index (χ0v) is 12.8. The van der Waals surface area contributed by atoms with Crippen molar-refractivity contribution in [2.75, 3.05) is 12.4 Å². The zero-order valence-electron chi connectivity index (χ0n) is 12.8. The Morgan fingerprint density at radius 2 is 2.22 bits per heavy atom. The molecule has 23 heavy (non-hydrogen) atoms. The molecule has 0 fully saturated rings. The number of H-pyrrole nitrogens is 2. The molecule has 3 aromatic rings. The van der Waals surface area contributed by atoms with Gasteiger partial charge < -0.3 is 10.2 Å². The summed E-state index contributed by atoms with van der Waals surface area (Å²) < 4.78 is 0. The molecule has 2 heterocycles. The lowest BCUT2D eigenvalue weighted by atomic mass is 10.2. The lowest BCUT2D eigenvalue weighted by Gasteiger charge is -2.17. The van der Waals surface area contributed by atoms with Crippen molar-refractivity contribution in [1.82, 2.24) is 30.5 Å². The lowest BCUT2D eigenvalue weighted by molar-refractivity contribution is 0.220. The number of anilines is 1. The Morgan fingerprint density at radius 1 is 1.30 bits per heavy atom. The third-order valence-corrected chi connectivity index (χ3v) is 4.21. The van der Waals surface area contributed by atoms with Crippen LogP contribution in [0.15, 0.2) is 18.2 Å². The van der Waals surface area contributed by atoms with Crippen LogP contribution in [0.5, 0.6) is 0 Å². The molecule has 118 valence electrons. The first kappa shape index (κ1) is 13.7. The van der Waals surface area contributed by atoms with Gasteiger partial charge in [-0.2, -0.15) is 20.5 Å². The van der Waals surface area contributed by atoms with Gasteiger partial charge in [-0.3, -0.25) is 5.10 Å². The van der Waals surface area contributed by atoms with Gasteiger partial charge in [0.05, 0.1) is 17.9 Å². The number of aromatic amines is 2. The van der Waals surface area contributed by atoms with Crippen molar-refractivity contribution < 1.29 is 4.79 Å². The minimum Gasteiger partial charge on any atom is -0.322 e. The van der Waals surface area contributed by atoms with Crippen molar-refractivity contribution in [3.8, 4) is 0 Å². The number of aromatic nitrogens is 5. The number of carbonyl (C=O) groups excluding carboxylic acids is 1. The van der Waals surface area contributed by atoms with E-state index in [0.717, 1.165) is 30.5 Å². The maximum atomic E-state index is 12.4. The maximum Gasteiger partial charge on any atom is 0.322 e. The molecule has 0 bridgehead atoms. The largest absolute Gasteiger partial charge is 0.322 e. The van der Waals surface area contributed by atoms with Crippen LogP contribution >= 0.6 is 0 Å². The molecule has 8 heteroatoms. The number of hydrogen-bond acceptors (Lipinski definition) is 4. The van der Waals surface area contributed by atoms with Crippen LogP contribution in [-0.2, 0) is 19.4 Å². The average molecular weight is 311 g/mol. The van der Waals surface area contributed by atoms with Gasteiger partial charge in [-0.15, -0.1) is 0 Å². The molecule has 2 aromatic heterocycles. The Bertz CT molecular complexity index is 866. The number of benzene rings is 1. The van der Waals surface area contributed by atoms with Crippen molar-refractivity contribution in [1.29, 1.82) is 0 Å². The molecular formula is C15H17N7O. The van der Waals surface area contributed by atoms with Crippen LogP contribution in [-0.4, -0.2) is 43.6 Å². The molecular weight excluding hydrogens is 294 g/mol. The Labute approximate surface area is 132 Å². The average Bonchev–Trinajstić information content (AvgIpc) is 3.24. The summed E-state index contributed by atoms with van der Waals surface area (Å²) in [6.45, 7) is 0.479. The number of para-hydroxylation sites is 1. The molecule has 8 nitrogen and oxygen atoms in total. The van der Waals surface area contributed by atoms with Crippen LogP contribution in [0, 0.1) is 0 Å². The second kappa shape index (κ2) is 5.38. The van der Waals surface area contributed by atoms with Gasteiger partial charge in [0, 0.05) is 12.7 Å². The summed E-state index contributed by atoms with van der Waals surface area (Å²) in [6.07, 6.45) is 3.24. The first-order chi connectivity index (χ1) is 11.2. The van der Waals surface area contributed by atoms with E-state index >= 15 is 0 Å². The van der Waals surface area contributed by atoms with E-state index in [2.05, 4.69) is 30.9 Å². The number of hydrogen-bond donors (Lipinski definition) is 3. The number of nitrogens with one attached hydrogen (secondary N) is 3. The number of aryl methyl sites for hydroxylation is 1. The quantitative estimate of drug-likeness (QED) is 0.686. The van der Waals surface area contributed by atoms with E-state index in [9.17, 15) is 4.79 Å². The van der Waals surface area contributed by atoms with Crippen LogP contribution < -0.4 is 5.32 Å². The molecule has 4 rings (SSSR count). The Hall–Kier alpha value is -2.90. The molecule has 0 radical (unpaired) electrons. The number of carbonyl (C=O) groups is 1. The highest BCUT2D eigenvalue weighted by Gasteiger charge is 2.21. The molecule has 1 aliphatic rings. The highest BCUT2D eigenvalue weighted by molar-refractivity contribution is 5.98. The molecule has 1 aliphatic carbocycles. The van der Waals surface area contributed by atoms with Crippen LogP contribution in [0.2, 0.25) is 0 Å². The number of fused-ring (bicyclic) bond motifs is 2. The minimum absolute atomic E-state index is 0.199. The number of rotatable bonds is 3. The summed E-state index contributed by atoms with van der Waals surface area (Å²) in [5.41, 5.74) is 5.44. The Balaban J connectivity index is 1.49. The van der Waals surface area contributed by atoms with E-state index in [1.165, 1.54) is 11.3 Å². The summed E-state index contributed by atoms with van der Waals surface area (Å²) in [7, 11) is 1.76. The van der Waals surface area contributed by atoms with Gasteiger partial charge in [0.1, 0.15) is 11.0 Å². The smallest absolute Gasteiger partial charge is 0.322 e. The minimum atomic E-state index is -0.199. The highest BCUT2D eigenvalue weighted by atomic mass is 16.2. The molecule has 0 spiro atoms. The van der Waals surface area contributed by atoms with Crippen molar-refractivity contribution >= 4 is 22.8 Å². The summed E-state index contributed by atoms with van der Waals surface area (Å²) in [4.78, 5) is 14.0. The van der Waals surface area contributed by atoms with Gasteiger partial charge in [0.25, 0.3) is 0 Å². The zero-order chi connectivity index (χ0) is 15.8. The lowest BCUT2D eigenvalue weighted by Crippen LogP contribution is -2.31. The SMILES string of the molecule is CN(Cc1n[nH]c2c1CCC2)C(=O)Nc1cccc2n[nH]nc12. The van der Waals surface area contributed by atoms with Crippen molar-refractivity contribution in [3.05, 3.63) is 35.2 Å². The second-order valence-electron chi connectivity index (χ2n) is 5.76. The molecule has 0 aliphatic heterocycles. The van der Waals surface area contributed by atoms with E-state index in [0.29, 0.717) is 17.7 Å². The van der Waals surface area contributed by atoms with E-state index in [1.807, 2.05) is 18.2 Å². The summed E-state index contributed by atoms with van der Waals surface area (Å²) in [6, 6.07) is 5.28. The van der Waals surface area contributed by atoms with E-state index in [1.54, 1.807) is 11.9 Å². The molecule has 1 aromatic carbocycles. The molecule has 3 N–H and O–H groups in total. The van der Waals surface area contributed by atoms with E-state index in [-0.39, 0.29) is 6.03 Å². The molecule has 0 atom stereocenters. The van der Waals surface area contributed by atoms with Gasteiger partial charge in [0.15, 0.2) is 0 Å². The summed E-state index contributed by atoms with van der Waals surface area (Å²) >= 11 is 0. The van der Waals surface area contributed by atoms with Gasteiger partial charge in [-0.25, -0.2) is 4.79 Å². The third kappa shape index (κ3) is 2.41. The summed E-state index contributed by atoms with van der Waals surface area (Å²) in [5, 5.41) is 20.9. The molecule has 2 amide bonds.